The fraction of sp³-hybridized carbons (Fsp3) is 0.540. The summed E-state index contributed by atoms with van der Waals surface area (Å²) in [6.45, 7) is 12.5. The molecule has 0 bridgehead atoms. The second kappa shape index (κ2) is 24.0. The highest BCUT2D eigenvalue weighted by atomic mass is 32.1. The van der Waals surface area contributed by atoms with Crippen molar-refractivity contribution in [3.05, 3.63) is 98.3 Å². The van der Waals surface area contributed by atoms with E-state index in [4.69, 9.17) is 23.9 Å². The predicted octanol–water partition coefficient (Wildman–Crippen LogP) is 13.8. The number of amides is 3. The first-order chi connectivity index (χ1) is 38.5. The number of ketones is 1. The number of fused-ring (bicyclic) bond motifs is 5. The number of hydrogen-bond acceptors (Lipinski definition) is 10. The van der Waals surface area contributed by atoms with Gasteiger partial charge in [-0.25, -0.2) is 18.4 Å². The number of thiophene rings is 1. The number of nitrogens with one attached hydrogen (secondary N) is 3. The molecule has 0 spiro atoms. The van der Waals surface area contributed by atoms with E-state index in [0.717, 1.165) is 89.0 Å². The number of alkyl carbamates (subject to hydrolysis) is 2. The van der Waals surface area contributed by atoms with Crippen molar-refractivity contribution in [1.82, 2.24) is 25.1 Å². The van der Waals surface area contributed by atoms with E-state index >= 15 is 8.78 Å². The Labute approximate surface area is 472 Å². The van der Waals surface area contributed by atoms with Crippen LogP contribution in [0.2, 0.25) is 0 Å². The van der Waals surface area contributed by atoms with Crippen molar-refractivity contribution in [2.75, 3.05) is 34.0 Å². The van der Waals surface area contributed by atoms with Crippen LogP contribution in [0.5, 0.6) is 5.75 Å². The minimum Gasteiger partial charge on any atom is -0.464 e. The molecule has 17 heteroatoms. The topological polar surface area (TPSA) is 166 Å². The molecule has 6 unspecified atom stereocenters. The summed E-state index contributed by atoms with van der Waals surface area (Å²) < 4.78 is 57.5. The number of carbonyl (C=O) groups excluding carboxylic acids is 4. The fourth-order valence-corrected chi connectivity index (χ4v) is 14.0. The molecular formula is C63H78F2N6O8S. The van der Waals surface area contributed by atoms with E-state index in [1.807, 2.05) is 19.1 Å². The van der Waals surface area contributed by atoms with Gasteiger partial charge in [-0.3, -0.25) is 19.1 Å². The molecular weight excluding hydrogens is 1040 g/mol. The number of rotatable bonds is 17. The lowest BCUT2D eigenvalue weighted by atomic mass is 9.77. The highest BCUT2D eigenvalue weighted by Gasteiger charge is 2.44. The van der Waals surface area contributed by atoms with Crippen LogP contribution in [-0.4, -0.2) is 95.8 Å². The summed E-state index contributed by atoms with van der Waals surface area (Å²) >= 11 is 1.74. The summed E-state index contributed by atoms with van der Waals surface area (Å²) in [7, 11) is 2.51. The number of aryl methyl sites for hydroxylation is 1. The molecule has 3 N–H and O–H groups in total. The zero-order valence-electron chi connectivity index (χ0n) is 47.6. The van der Waals surface area contributed by atoms with Crippen molar-refractivity contribution in [2.24, 2.45) is 22.7 Å². The average Bonchev–Trinajstić information content (AvgIpc) is 3.78. The third kappa shape index (κ3) is 11.6. The number of Topliss-reactive ketones (excluding diaryl/α,β-unsaturated/α-hetero) is 1. The lowest BCUT2D eigenvalue weighted by Gasteiger charge is -2.33. The van der Waals surface area contributed by atoms with Gasteiger partial charge in [-0.2, -0.15) is 0 Å². The average molecular weight is 1120 g/mol. The van der Waals surface area contributed by atoms with Crippen LogP contribution in [0, 0.1) is 23.6 Å². The molecule has 14 nitrogen and oxygen atoms in total. The largest absolute Gasteiger partial charge is 0.464 e. The molecule has 6 atom stereocenters. The molecule has 5 aromatic rings. The van der Waals surface area contributed by atoms with E-state index in [2.05, 4.69) is 77.4 Å². The fourth-order valence-electron chi connectivity index (χ4n) is 12.8. The number of H-pyrrole nitrogens is 1. The van der Waals surface area contributed by atoms with Crippen molar-refractivity contribution >= 4 is 51.8 Å². The molecule has 2 saturated carbocycles. The van der Waals surface area contributed by atoms with E-state index in [-0.39, 0.29) is 23.5 Å². The molecule has 5 aliphatic rings. The number of methoxy groups -OCH3 is 2. The van der Waals surface area contributed by atoms with Gasteiger partial charge in [0.15, 0.2) is 5.78 Å². The number of aliphatic imine (C=N–C) groups is 1. The number of alkyl halides is 1. The number of hydrogen-bond donors (Lipinski definition) is 3. The van der Waals surface area contributed by atoms with E-state index in [1.54, 1.807) is 22.3 Å². The zero-order valence-corrected chi connectivity index (χ0v) is 48.4. The van der Waals surface area contributed by atoms with Gasteiger partial charge in [-0.05, 0) is 180 Å². The Morgan fingerprint density at radius 1 is 0.912 bits per heavy atom. The minimum absolute atomic E-state index is 0.0244. The lowest BCUT2D eigenvalue weighted by molar-refractivity contribution is -0.137. The molecule has 2 saturated heterocycles. The van der Waals surface area contributed by atoms with E-state index in [0.29, 0.717) is 98.9 Å². The Morgan fingerprint density at radius 3 is 2.36 bits per heavy atom. The molecule has 3 aliphatic heterocycles. The summed E-state index contributed by atoms with van der Waals surface area (Å²) in [6.07, 6.45) is 9.18. The van der Waals surface area contributed by atoms with Gasteiger partial charge in [0.2, 0.25) is 12.1 Å². The highest BCUT2D eigenvalue weighted by Crippen LogP contribution is 2.51. The van der Waals surface area contributed by atoms with Crippen LogP contribution in [0.25, 0.3) is 33.4 Å². The first kappa shape index (κ1) is 56.9. The van der Waals surface area contributed by atoms with Gasteiger partial charge >= 0.3 is 12.2 Å². The Hall–Kier alpha value is -6.33. The van der Waals surface area contributed by atoms with Crippen LogP contribution < -0.4 is 15.4 Å². The smallest absolute Gasteiger partial charge is 0.407 e. The third-order valence-electron chi connectivity index (χ3n) is 17.4. The number of halogens is 2. The Kier molecular flexibility index (Phi) is 17.1. The zero-order chi connectivity index (χ0) is 56.6. The maximum atomic E-state index is 17.3. The van der Waals surface area contributed by atoms with Crippen LogP contribution in [0.15, 0.2) is 70.9 Å². The highest BCUT2D eigenvalue weighted by molar-refractivity contribution is 7.12. The summed E-state index contributed by atoms with van der Waals surface area (Å²) in [4.78, 5) is 66.8. The summed E-state index contributed by atoms with van der Waals surface area (Å²) in [5.41, 5.74) is 7.01. The molecule has 0 radical (unpaired) electrons. The van der Waals surface area contributed by atoms with Crippen LogP contribution >= 0.6 is 11.3 Å². The van der Waals surface area contributed by atoms with Crippen molar-refractivity contribution in [3.8, 4) is 28.3 Å². The Balaban J connectivity index is 1.000. The number of aromatic amines is 1. The molecule has 2 aromatic carbocycles. The number of benzene rings is 2. The molecule has 10 rings (SSSR count). The number of aromatic nitrogens is 2. The van der Waals surface area contributed by atoms with Crippen molar-refractivity contribution in [2.45, 2.75) is 167 Å². The van der Waals surface area contributed by atoms with Gasteiger partial charge in [0.05, 0.1) is 48.0 Å². The minimum atomic E-state index is -2.07. The van der Waals surface area contributed by atoms with E-state index < -0.39 is 53.9 Å². The maximum Gasteiger partial charge on any atom is 0.407 e. The summed E-state index contributed by atoms with van der Waals surface area (Å²) in [6, 6.07) is 15.7. The van der Waals surface area contributed by atoms with Crippen molar-refractivity contribution < 1.29 is 46.9 Å². The van der Waals surface area contributed by atoms with E-state index in [9.17, 15) is 19.2 Å². The third-order valence-corrected chi connectivity index (χ3v) is 18.6. The predicted molar refractivity (Wildman–Crippen MR) is 308 cm³/mol. The normalized spacial score (nSPS) is 22.2. The molecule has 3 aromatic heterocycles. The van der Waals surface area contributed by atoms with Gasteiger partial charge in [0.25, 0.3) is 0 Å². The second-order valence-electron chi connectivity index (χ2n) is 23.1. The molecule has 2 aliphatic carbocycles. The number of ether oxygens (including phenoxy) is 4. The van der Waals surface area contributed by atoms with Gasteiger partial charge in [0, 0.05) is 64.3 Å². The second-order valence-corrected chi connectivity index (χ2v) is 24.3. The maximum absolute atomic E-state index is 17.3. The van der Waals surface area contributed by atoms with Crippen LogP contribution in [0.3, 0.4) is 0 Å². The van der Waals surface area contributed by atoms with Crippen LogP contribution in [0.4, 0.5) is 18.4 Å². The van der Waals surface area contributed by atoms with Crippen molar-refractivity contribution in [3.63, 3.8) is 0 Å². The molecule has 6 heterocycles. The molecule has 80 heavy (non-hydrogen) atoms. The van der Waals surface area contributed by atoms with E-state index in [1.165, 1.54) is 38.5 Å². The lowest BCUT2D eigenvalue weighted by Crippen LogP contribution is -2.56. The number of nitrogens with zero attached hydrogens (tertiary/aromatic N) is 3. The standard InChI is InChI=1S/C63H78F2N6O8S/c1-9-14-46(39-16-12-15-35(4)43(30-39)57(72)56(68-61(74)76-7)38-24-27-78-28-25-38)66-45(11-3)40-20-21-48-42(29-40)33-50-54-44(64)31-41(34-51(54)79-60(71(48)50)53-23-22-52(80-53)37-18-19-37)47-32-36(10-2)55(67-47)49-17-13-26-70(49)59(73)58(63(5,6)65)69-62(75)77-8/h20-23,29,31-35,37-38,43,49,56,58,60,67H,9-19,24-28,30H2,1-8H3,(H,68,74)(H,69,75)/b46-39-,66-45?. The molecule has 3 amide bonds. The number of allylic oxidation sites excluding steroid dienone is 2. The van der Waals surface area contributed by atoms with Gasteiger partial charge in [-0.1, -0.05) is 40.2 Å². The molecule has 428 valence electrons. The van der Waals surface area contributed by atoms with Gasteiger partial charge in [-0.15, -0.1) is 11.3 Å². The monoisotopic (exact) mass is 1120 g/mol. The SMILES string of the molecule is CCC/C(N=C(CC)c1ccc2c(c1)cc1n2C(c2ccc(C3CC3)s2)Oc2cc(-c3cc(CC)c(C4CCCN4C(=O)C(NC(=O)OC)C(C)(C)F)[nH]3)cc(F)c2-1)=C1\CCCC(C)C(C(=O)C(NC(=O)OC)C2CCOCC2)C1. The van der Waals surface area contributed by atoms with Gasteiger partial charge < -0.3 is 39.5 Å². The number of carbonyl (C=O) groups is 4. The summed E-state index contributed by atoms with van der Waals surface area (Å²) in [5, 5.41) is 6.28. The molecule has 4 fully saturated rings. The van der Waals surface area contributed by atoms with Crippen LogP contribution in [0.1, 0.15) is 170 Å². The Morgan fingerprint density at radius 2 is 1.66 bits per heavy atom. The van der Waals surface area contributed by atoms with Crippen molar-refractivity contribution in [1.29, 1.82) is 0 Å². The first-order valence-electron chi connectivity index (χ1n) is 29.1. The van der Waals surface area contributed by atoms with Gasteiger partial charge in [0.1, 0.15) is 23.3 Å². The summed E-state index contributed by atoms with van der Waals surface area (Å²) in [5.74, 6) is -0.143. The van der Waals surface area contributed by atoms with Crippen LogP contribution in [-0.2, 0) is 30.2 Å². The first-order valence-corrected chi connectivity index (χ1v) is 29.9. The number of likely N-dealkylation sites (tertiary alicyclic amines) is 1. The quantitative estimate of drug-likeness (QED) is 0.0611. The Bertz CT molecular complexity index is 3190.